The summed E-state index contributed by atoms with van der Waals surface area (Å²) in [6.45, 7) is 3.98. The van der Waals surface area contributed by atoms with E-state index >= 15 is 0 Å². The number of hydrogen-bond donors (Lipinski definition) is 1. The predicted octanol–water partition coefficient (Wildman–Crippen LogP) is 3.32. The molecule has 1 amide bonds. The second kappa shape index (κ2) is 9.19. The molecule has 29 heavy (non-hydrogen) atoms. The molecule has 0 spiro atoms. The zero-order valence-corrected chi connectivity index (χ0v) is 16.5. The van der Waals surface area contributed by atoms with Gasteiger partial charge in [-0.15, -0.1) is 0 Å². The van der Waals surface area contributed by atoms with Crippen molar-refractivity contribution in [3.63, 3.8) is 0 Å². The lowest BCUT2D eigenvalue weighted by Crippen LogP contribution is -2.28. The lowest BCUT2D eigenvalue weighted by Gasteiger charge is -2.11. The van der Waals surface area contributed by atoms with Gasteiger partial charge in [-0.05, 0) is 36.1 Å². The number of nitrogens with one attached hydrogen (secondary N) is 1. The Labute approximate surface area is 168 Å². The van der Waals surface area contributed by atoms with Gasteiger partial charge < -0.3 is 14.5 Å². The fourth-order valence-corrected chi connectivity index (χ4v) is 3.08. The number of aryl methyl sites for hydroxylation is 2. The molecule has 0 aliphatic heterocycles. The standard InChI is InChI=1S/C23H23NO5/c1-3-17-13-18-15(2)11-23(27)29-20(18)14-19(17)28-22(26)9-10-24-21(25)12-16-7-5-4-6-8-16/h4-8,11,13-14H,3,9-10,12H2,1-2H3,(H,24,25). The Morgan fingerprint density at radius 1 is 1.10 bits per heavy atom. The number of amides is 1. The fourth-order valence-electron chi connectivity index (χ4n) is 3.08. The highest BCUT2D eigenvalue weighted by Crippen LogP contribution is 2.28. The molecule has 0 saturated carbocycles. The van der Waals surface area contributed by atoms with Gasteiger partial charge in [-0.25, -0.2) is 4.79 Å². The van der Waals surface area contributed by atoms with Crippen molar-refractivity contribution in [3.05, 3.63) is 75.6 Å². The maximum Gasteiger partial charge on any atom is 0.336 e. The molecule has 6 nitrogen and oxygen atoms in total. The topological polar surface area (TPSA) is 85.6 Å². The molecule has 0 fully saturated rings. The van der Waals surface area contributed by atoms with E-state index in [0.29, 0.717) is 17.8 Å². The Kier molecular flexibility index (Phi) is 6.44. The van der Waals surface area contributed by atoms with E-state index in [4.69, 9.17) is 9.15 Å². The molecule has 0 aliphatic carbocycles. The third-order valence-electron chi connectivity index (χ3n) is 4.60. The largest absolute Gasteiger partial charge is 0.426 e. The maximum absolute atomic E-state index is 12.2. The number of hydrogen-bond acceptors (Lipinski definition) is 5. The van der Waals surface area contributed by atoms with Crippen LogP contribution in [0.15, 0.2) is 57.7 Å². The van der Waals surface area contributed by atoms with Crippen LogP contribution in [0.5, 0.6) is 5.75 Å². The molecule has 0 saturated heterocycles. The SMILES string of the molecule is CCc1cc2c(C)cc(=O)oc2cc1OC(=O)CCNC(=O)Cc1ccccc1. The van der Waals surface area contributed by atoms with Crippen LogP contribution in [0.3, 0.4) is 0 Å². The van der Waals surface area contributed by atoms with E-state index in [0.717, 1.165) is 22.1 Å². The van der Waals surface area contributed by atoms with Gasteiger partial charge in [0, 0.05) is 24.1 Å². The van der Waals surface area contributed by atoms with Crippen LogP contribution in [0.2, 0.25) is 0 Å². The summed E-state index contributed by atoms with van der Waals surface area (Å²) in [6.07, 6.45) is 0.962. The predicted molar refractivity (Wildman–Crippen MR) is 110 cm³/mol. The summed E-state index contributed by atoms with van der Waals surface area (Å²) in [7, 11) is 0. The van der Waals surface area contributed by atoms with Gasteiger partial charge in [0.2, 0.25) is 5.91 Å². The van der Waals surface area contributed by atoms with Crippen molar-refractivity contribution >= 4 is 22.8 Å². The third-order valence-corrected chi connectivity index (χ3v) is 4.60. The molecule has 2 aromatic carbocycles. The van der Waals surface area contributed by atoms with E-state index in [1.807, 2.05) is 50.2 Å². The molecular weight excluding hydrogens is 370 g/mol. The van der Waals surface area contributed by atoms with Crippen LogP contribution in [-0.4, -0.2) is 18.4 Å². The number of fused-ring (bicyclic) bond motifs is 1. The number of esters is 1. The van der Waals surface area contributed by atoms with E-state index in [9.17, 15) is 14.4 Å². The molecule has 0 aliphatic rings. The lowest BCUT2D eigenvalue weighted by molar-refractivity contribution is -0.134. The van der Waals surface area contributed by atoms with E-state index in [-0.39, 0.29) is 25.3 Å². The summed E-state index contributed by atoms with van der Waals surface area (Å²) in [6, 6.07) is 14.3. The van der Waals surface area contributed by atoms with E-state index < -0.39 is 11.6 Å². The number of ether oxygens (including phenoxy) is 1. The molecule has 150 valence electrons. The van der Waals surface area contributed by atoms with Crippen LogP contribution in [0, 0.1) is 6.92 Å². The second-order valence-electron chi connectivity index (χ2n) is 6.79. The Hall–Kier alpha value is -3.41. The smallest absolute Gasteiger partial charge is 0.336 e. The molecule has 0 unspecified atom stereocenters. The van der Waals surface area contributed by atoms with Crippen molar-refractivity contribution in [1.29, 1.82) is 0 Å². The average molecular weight is 393 g/mol. The molecule has 0 bridgehead atoms. The molecular formula is C23H23NO5. The van der Waals surface area contributed by atoms with E-state index in [2.05, 4.69) is 5.32 Å². The summed E-state index contributed by atoms with van der Waals surface area (Å²) < 4.78 is 10.7. The number of carbonyl (C=O) groups excluding carboxylic acids is 2. The van der Waals surface area contributed by atoms with Gasteiger partial charge in [-0.2, -0.15) is 0 Å². The quantitative estimate of drug-likeness (QED) is 0.378. The highest BCUT2D eigenvalue weighted by molar-refractivity contribution is 5.84. The summed E-state index contributed by atoms with van der Waals surface area (Å²) in [4.78, 5) is 35.8. The first-order valence-corrected chi connectivity index (χ1v) is 9.55. The molecule has 1 aromatic heterocycles. The first-order chi connectivity index (χ1) is 14.0. The summed E-state index contributed by atoms with van der Waals surface area (Å²) in [5.74, 6) is -0.246. The van der Waals surface area contributed by atoms with E-state index in [1.54, 1.807) is 6.07 Å². The fraction of sp³-hybridized carbons (Fsp3) is 0.261. The molecule has 0 atom stereocenters. The van der Waals surface area contributed by atoms with Crippen LogP contribution < -0.4 is 15.7 Å². The van der Waals surface area contributed by atoms with Gasteiger partial charge in [-0.1, -0.05) is 37.3 Å². The molecule has 3 aromatic rings. The molecule has 1 N–H and O–H groups in total. The normalized spacial score (nSPS) is 10.7. The second-order valence-corrected chi connectivity index (χ2v) is 6.79. The van der Waals surface area contributed by atoms with Crippen LogP contribution in [0.25, 0.3) is 11.0 Å². The zero-order chi connectivity index (χ0) is 20.8. The lowest BCUT2D eigenvalue weighted by atomic mass is 10.1. The Morgan fingerprint density at radius 3 is 2.59 bits per heavy atom. The summed E-state index contributed by atoms with van der Waals surface area (Å²) in [5, 5.41) is 3.54. The van der Waals surface area contributed by atoms with Gasteiger partial charge in [0.15, 0.2) is 0 Å². The van der Waals surface area contributed by atoms with Gasteiger partial charge in [0.1, 0.15) is 11.3 Å². The van der Waals surface area contributed by atoms with Crippen LogP contribution >= 0.6 is 0 Å². The van der Waals surface area contributed by atoms with Crippen LogP contribution in [0.4, 0.5) is 0 Å². The third kappa shape index (κ3) is 5.31. The minimum atomic E-state index is -0.464. The van der Waals surface area contributed by atoms with Crippen LogP contribution in [-0.2, 0) is 22.4 Å². The number of benzene rings is 2. The Bertz CT molecular complexity index is 1090. The zero-order valence-electron chi connectivity index (χ0n) is 16.5. The molecule has 1 heterocycles. The number of carbonyl (C=O) groups is 2. The van der Waals surface area contributed by atoms with Crippen molar-refractivity contribution in [2.75, 3.05) is 6.54 Å². The minimum absolute atomic E-state index is 0.0412. The molecule has 6 heteroatoms. The highest BCUT2D eigenvalue weighted by atomic mass is 16.5. The maximum atomic E-state index is 12.2. The first kappa shape index (κ1) is 20.3. The average Bonchev–Trinajstić information content (AvgIpc) is 2.68. The van der Waals surface area contributed by atoms with Crippen molar-refractivity contribution in [2.45, 2.75) is 33.1 Å². The minimum Gasteiger partial charge on any atom is -0.426 e. The highest BCUT2D eigenvalue weighted by Gasteiger charge is 2.13. The van der Waals surface area contributed by atoms with Crippen molar-refractivity contribution < 1.29 is 18.7 Å². The van der Waals surface area contributed by atoms with Gasteiger partial charge in [0.25, 0.3) is 0 Å². The monoisotopic (exact) mass is 393 g/mol. The summed E-state index contributed by atoms with van der Waals surface area (Å²) >= 11 is 0. The van der Waals surface area contributed by atoms with Crippen molar-refractivity contribution in [3.8, 4) is 5.75 Å². The molecule has 3 rings (SSSR count). The summed E-state index contributed by atoms with van der Waals surface area (Å²) in [5.41, 5.74) is 2.50. The Balaban J connectivity index is 1.60. The van der Waals surface area contributed by atoms with Crippen molar-refractivity contribution in [2.24, 2.45) is 0 Å². The first-order valence-electron chi connectivity index (χ1n) is 9.55. The van der Waals surface area contributed by atoms with Gasteiger partial charge in [0.05, 0.1) is 12.8 Å². The van der Waals surface area contributed by atoms with Gasteiger partial charge in [-0.3, -0.25) is 9.59 Å². The van der Waals surface area contributed by atoms with E-state index in [1.165, 1.54) is 6.07 Å². The Morgan fingerprint density at radius 2 is 1.86 bits per heavy atom. The molecule has 0 radical (unpaired) electrons. The number of rotatable bonds is 7. The van der Waals surface area contributed by atoms with Crippen molar-refractivity contribution in [1.82, 2.24) is 5.32 Å². The van der Waals surface area contributed by atoms with Crippen LogP contribution in [0.1, 0.15) is 30.0 Å². The van der Waals surface area contributed by atoms with Gasteiger partial charge >= 0.3 is 11.6 Å².